The van der Waals surface area contributed by atoms with Gasteiger partial charge >= 0.3 is 11.9 Å². The van der Waals surface area contributed by atoms with Crippen molar-refractivity contribution in [3.63, 3.8) is 0 Å². The Morgan fingerprint density at radius 1 is 1.04 bits per heavy atom. The van der Waals surface area contributed by atoms with Gasteiger partial charge in [0.2, 0.25) is 0 Å². The van der Waals surface area contributed by atoms with Crippen LogP contribution in [0.5, 0.6) is 0 Å². The van der Waals surface area contributed by atoms with Crippen LogP contribution in [-0.4, -0.2) is 36.1 Å². The molecule has 0 fully saturated rings. The van der Waals surface area contributed by atoms with Gasteiger partial charge in [-0.1, -0.05) is 30.3 Å². The largest absolute Gasteiger partial charge is 0.466 e. The lowest BCUT2D eigenvalue weighted by molar-refractivity contribution is -0.138. The highest BCUT2D eigenvalue weighted by molar-refractivity contribution is 5.99. The molecular weight excluding hydrogens is 362 g/mol. The molecule has 1 heterocycles. The Bertz CT molecular complexity index is 1130. The summed E-state index contributed by atoms with van der Waals surface area (Å²) in [5.74, 6) is -1.49. The molecule has 1 aromatic heterocycles. The van der Waals surface area contributed by atoms with Crippen molar-refractivity contribution in [1.29, 1.82) is 0 Å². The number of esters is 2. The topological polar surface area (TPSA) is 110 Å². The predicted octanol–water partition coefficient (Wildman–Crippen LogP) is 2.23. The number of nitrogens with one attached hydrogen (secondary N) is 2. The Labute approximate surface area is 159 Å². The smallest absolute Gasteiger partial charge is 0.354 e. The minimum Gasteiger partial charge on any atom is -0.466 e. The van der Waals surface area contributed by atoms with E-state index in [9.17, 15) is 14.4 Å². The Balaban J connectivity index is 2.10. The van der Waals surface area contributed by atoms with Gasteiger partial charge in [0, 0.05) is 11.3 Å². The summed E-state index contributed by atoms with van der Waals surface area (Å²) in [6.45, 7) is 0. The summed E-state index contributed by atoms with van der Waals surface area (Å²) in [6, 6.07) is 13.9. The minimum atomic E-state index is -0.763. The molecule has 0 radical (unpaired) electrons. The molecule has 8 nitrogen and oxygen atoms in total. The summed E-state index contributed by atoms with van der Waals surface area (Å²) in [5, 5.41) is 2.83. The van der Waals surface area contributed by atoms with E-state index >= 15 is 0 Å². The van der Waals surface area contributed by atoms with Gasteiger partial charge in [-0.15, -0.1) is 0 Å². The molecule has 0 aliphatic carbocycles. The summed E-state index contributed by atoms with van der Waals surface area (Å²) >= 11 is 0. The number of aromatic nitrogens is 2. The average Bonchev–Trinajstić information content (AvgIpc) is 2.72. The zero-order valence-electron chi connectivity index (χ0n) is 15.2. The molecule has 0 aliphatic heterocycles. The molecule has 8 heteroatoms. The first-order valence-electron chi connectivity index (χ1n) is 8.27. The number of fused-ring (bicyclic) bond motifs is 1. The Kier molecular flexibility index (Phi) is 5.50. The Hall–Kier alpha value is -3.94. The lowest BCUT2D eigenvalue weighted by Crippen LogP contribution is -2.17. The van der Waals surface area contributed by atoms with Crippen LogP contribution >= 0.6 is 0 Å². The van der Waals surface area contributed by atoms with E-state index in [1.54, 1.807) is 42.5 Å². The molecule has 0 bridgehead atoms. The SMILES string of the molecule is COC(=O)/C=C(/Nc1ccccc1-c1nc2ccccc2[nH]c1=O)C(=O)OC. The van der Waals surface area contributed by atoms with Gasteiger partial charge in [-0.3, -0.25) is 4.79 Å². The third-order valence-corrected chi connectivity index (χ3v) is 3.92. The summed E-state index contributed by atoms with van der Waals surface area (Å²) in [7, 11) is 2.39. The molecule has 2 aromatic carbocycles. The van der Waals surface area contributed by atoms with E-state index in [2.05, 4.69) is 20.0 Å². The van der Waals surface area contributed by atoms with Crippen molar-refractivity contribution in [2.24, 2.45) is 0 Å². The maximum atomic E-state index is 12.6. The fraction of sp³-hybridized carbons (Fsp3) is 0.100. The van der Waals surface area contributed by atoms with Crippen molar-refractivity contribution < 1.29 is 19.1 Å². The van der Waals surface area contributed by atoms with Crippen molar-refractivity contribution in [2.45, 2.75) is 0 Å². The van der Waals surface area contributed by atoms with E-state index in [0.29, 0.717) is 22.3 Å². The van der Waals surface area contributed by atoms with Crippen molar-refractivity contribution in [3.05, 3.63) is 70.7 Å². The third-order valence-electron chi connectivity index (χ3n) is 3.92. The summed E-state index contributed by atoms with van der Waals surface area (Å²) < 4.78 is 9.26. The quantitative estimate of drug-likeness (QED) is 0.517. The number of methoxy groups -OCH3 is 2. The van der Waals surface area contributed by atoms with Crippen LogP contribution in [0.25, 0.3) is 22.3 Å². The van der Waals surface area contributed by atoms with Gasteiger partial charge in [0.25, 0.3) is 5.56 Å². The molecule has 0 saturated heterocycles. The van der Waals surface area contributed by atoms with Crippen LogP contribution in [0.3, 0.4) is 0 Å². The van der Waals surface area contributed by atoms with Gasteiger partial charge < -0.3 is 19.8 Å². The second-order valence-corrected chi connectivity index (χ2v) is 5.68. The van der Waals surface area contributed by atoms with Crippen LogP contribution in [0.2, 0.25) is 0 Å². The molecule has 0 saturated carbocycles. The maximum Gasteiger partial charge on any atom is 0.354 e. The fourth-order valence-electron chi connectivity index (χ4n) is 2.59. The zero-order chi connectivity index (χ0) is 20.1. The highest BCUT2D eigenvalue weighted by Crippen LogP contribution is 2.26. The molecule has 142 valence electrons. The van der Waals surface area contributed by atoms with Crippen LogP contribution in [0, 0.1) is 0 Å². The second-order valence-electron chi connectivity index (χ2n) is 5.68. The highest BCUT2D eigenvalue weighted by Gasteiger charge is 2.17. The van der Waals surface area contributed by atoms with E-state index in [0.717, 1.165) is 6.08 Å². The number of carbonyl (C=O) groups is 2. The molecular formula is C20H17N3O5. The van der Waals surface area contributed by atoms with Crippen molar-refractivity contribution >= 4 is 28.7 Å². The molecule has 3 aromatic rings. The minimum absolute atomic E-state index is 0.140. The molecule has 2 N–H and O–H groups in total. The van der Waals surface area contributed by atoms with Gasteiger partial charge in [-0.25, -0.2) is 14.6 Å². The first-order valence-corrected chi connectivity index (χ1v) is 8.27. The van der Waals surface area contributed by atoms with Crippen LogP contribution in [-0.2, 0) is 19.1 Å². The number of carbonyl (C=O) groups excluding carboxylic acids is 2. The van der Waals surface area contributed by atoms with E-state index < -0.39 is 11.9 Å². The summed E-state index contributed by atoms with van der Waals surface area (Å²) in [5.41, 5.74) is 1.73. The van der Waals surface area contributed by atoms with Crippen LogP contribution in [0.1, 0.15) is 0 Å². The Morgan fingerprint density at radius 2 is 1.75 bits per heavy atom. The zero-order valence-corrected chi connectivity index (χ0v) is 15.2. The number of nitrogens with zero attached hydrogens (tertiary/aromatic N) is 1. The second kappa shape index (κ2) is 8.17. The average molecular weight is 379 g/mol. The number of aromatic amines is 1. The molecule has 3 rings (SSSR count). The van der Waals surface area contributed by atoms with Gasteiger partial charge in [-0.05, 0) is 18.2 Å². The van der Waals surface area contributed by atoms with E-state index in [1.165, 1.54) is 14.2 Å². The maximum absolute atomic E-state index is 12.6. The van der Waals surface area contributed by atoms with Crippen LogP contribution < -0.4 is 10.9 Å². The molecule has 0 aliphatic rings. The van der Waals surface area contributed by atoms with Gasteiger partial charge in [0.1, 0.15) is 11.4 Å². The number of anilines is 1. The first-order chi connectivity index (χ1) is 13.5. The number of rotatable bonds is 5. The van der Waals surface area contributed by atoms with Gasteiger partial charge in [0.05, 0.1) is 31.3 Å². The standard InChI is InChI=1S/C20H17N3O5/c1-27-17(24)11-16(20(26)28-2)21-13-8-4-3-7-12(13)18-19(25)23-15-10-6-5-9-14(15)22-18/h3-11,21H,1-2H3,(H,23,25)/b16-11+. The monoisotopic (exact) mass is 379 g/mol. The van der Waals surface area contributed by atoms with Crippen molar-refractivity contribution in [2.75, 3.05) is 19.5 Å². The summed E-state index contributed by atoms with van der Waals surface area (Å²) in [4.78, 5) is 43.4. The molecule has 0 spiro atoms. The number of hydrogen-bond donors (Lipinski definition) is 2. The fourth-order valence-corrected chi connectivity index (χ4v) is 2.59. The Morgan fingerprint density at radius 3 is 2.50 bits per heavy atom. The van der Waals surface area contributed by atoms with Gasteiger partial charge in [0.15, 0.2) is 0 Å². The lowest BCUT2D eigenvalue weighted by Gasteiger charge is -2.13. The summed E-state index contributed by atoms with van der Waals surface area (Å²) in [6.07, 6.45) is 0.973. The van der Waals surface area contributed by atoms with Crippen molar-refractivity contribution in [3.8, 4) is 11.3 Å². The number of benzene rings is 2. The lowest BCUT2D eigenvalue weighted by atomic mass is 10.1. The van der Waals surface area contributed by atoms with E-state index in [-0.39, 0.29) is 17.0 Å². The van der Waals surface area contributed by atoms with Crippen molar-refractivity contribution in [1.82, 2.24) is 9.97 Å². The highest BCUT2D eigenvalue weighted by atomic mass is 16.5. The van der Waals surface area contributed by atoms with Crippen LogP contribution in [0.15, 0.2) is 65.1 Å². The predicted molar refractivity (Wildman–Crippen MR) is 104 cm³/mol. The molecule has 0 atom stereocenters. The molecule has 28 heavy (non-hydrogen) atoms. The number of H-pyrrole nitrogens is 1. The van der Waals surface area contributed by atoms with Gasteiger partial charge in [-0.2, -0.15) is 0 Å². The number of hydrogen-bond acceptors (Lipinski definition) is 7. The molecule has 0 amide bonds. The first kappa shape index (κ1) is 18.8. The molecule has 0 unspecified atom stereocenters. The van der Waals surface area contributed by atoms with E-state index in [1.807, 2.05) is 6.07 Å². The van der Waals surface area contributed by atoms with E-state index in [4.69, 9.17) is 4.74 Å². The van der Waals surface area contributed by atoms with Crippen LogP contribution in [0.4, 0.5) is 5.69 Å². The number of ether oxygens (including phenoxy) is 2. The normalized spacial score (nSPS) is 11.1. The third kappa shape index (κ3) is 3.90. The number of para-hydroxylation sites is 3.